The topological polar surface area (TPSA) is 78.9 Å². The molecule has 1 atom stereocenters. The Morgan fingerprint density at radius 1 is 0.286 bits per heavy atom. The van der Waals surface area contributed by atoms with Gasteiger partial charge in [0.2, 0.25) is 0 Å². The second-order valence-corrected chi connectivity index (χ2v) is 17.1. The van der Waals surface area contributed by atoms with Crippen LogP contribution in [0.2, 0.25) is 0 Å². The molecule has 0 spiro atoms. The predicted molar refractivity (Wildman–Crippen MR) is 238 cm³/mol. The number of esters is 3. The van der Waals surface area contributed by atoms with Gasteiger partial charge in [0.25, 0.3) is 0 Å². The van der Waals surface area contributed by atoms with Crippen molar-refractivity contribution < 1.29 is 28.6 Å². The van der Waals surface area contributed by atoms with Crippen molar-refractivity contribution >= 4 is 17.9 Å². The first kappa shape index (κ1) is 54.4. The lowest BCUT2D eigenvalue weighted by Crippen LogP contribution is -2.30. The highest BCUT2D eigenvalue weighted by Crippen LogP contribution is 2.16. The normalized spacial score (nSPS) is 11.8. The minimum absolute atomic E-state index is 0.0620. The summed E-state index contributed by atoms with van der Waals surface area (Å²) < 4.78 is 16.8. The Kier molecular flexibility index (Phi) is 44.8. The Labute approximate surface area is 348 Å². The quantitative estimate of drug-likeness (QED) is 0.0347. The number of carbonyl (C=O) groups is 3. The van der Waals surface area contributed by atoms with E-state index in [1.807, 2.05) is 0 Å². The maximum absolute atomic E-state index is 12.7. The molecule has 0 aliphatic heterocycles. The van der Waals surface area contributed by atoms with Crippen LogP contribution in [0, 0.1) is 0 Å². The van der Waals surface area contributed by atoms with Crippen molar-refractivity contribution in [2.24, 2.45) is 0 Å². The molecule has 0 aliphatic rings. The summed E-state index contributed by atoms with van der Waals surface area (Å²) in [7, 11) is 0. The van der Waals surface area contributed by atoms with Gasteiger partial charge in [0.1, 0.15) is 13.2 Å². The van der Waals surface area contributed by atoms with Crippen molar-refractivity contribution in [3.8, 4) is 0 Å². The Morgan fingerprint density at radius 3 is 0.714 bits per heavy atom. The van der Waals surface area contributed by atoms with Gasteiger partial charge in [-0.25, -0.2) is 0 Å². The smallest absolute Gasteiger partial charge is 0.306 e. The van der Waals surface area contributed by atoms with Crippen LogP contribution in [0.5, 0.6) is 0 Å². The molecule has 0 N–H and O–H groups in total. The molecule has 0 aromatic heterocycles. The number of rotatable bonds is 46. The molecule has 332 valence electrons. The van der Waals surface area contributed by atoms with Gasteiger partial charge in [-0.1, -0.05) is 245 Å². The molecule has 0 saturated carbocycles. The minimum atomic E-state index is -0.758. The number of hydrogen-bond acceptors (Lipinski definition) is 6. The fraction of sp³-hybridized carbons (Fsp3) is 0.940. The van der Waals surface area contributed by atoms with Crippen LogP contribution in [0.25, 0.3) is 0 Å². The highest BCUT2D eigenvalue weighted by molar-refractivity contribution is 5.71. The first-order valence-electron chi connectivity index (χ1n) is 25.0. The monoisotopic (exact) mass is 793 g/mol. The van der Waals surface area contributed by atoms with Crippen LogP contribution in [-0.2, 0) is 28.6 Å². The summed E-state index contributed by atoms with van der Waals surface area (Å²) in [5.74, 6) is -0.844. The summed E-state index contributed by atoms with van der Waals surface area (Å²) in [6.45, 7) is 6.67. The molecule has 0 saturated heterocycles. The molecule has 6 nitrogen and oxygen atoms in total. The SMILES string of the molecule is CCCCCCCCCCCCCCCC(=O)OCC(COC(=O)CCCCCCCCCCCCCC)OC(=O)CCCCCCCCCCCCCCC. The van der Waals surface area contributed by atoms with E-state index in [0.29, 0.717) is 19.3 Å². The molecule has 0 rings (SSSR count). The fourth-order valence-electron chi connectivity index (χ4n) is 7.56. The molecule has 0 amide bonds. The third-order valence-corrected chi connectivity index (χ3v) is 11.4. The van der Waals surface area contributed by atoms with Gasteiger partial charge in [-0.15, -0.1) is 0 Å². The maximum Gasteiger partial charge on any atom is 0.306 e. The molecule has 56 heavy (non-hydrogen) atoms. The van der Waals surface area contributed by atoms with E-state index >= 15 is 0 Å². The summed E-state index contributed by atoms with van der Waals surface area (Å²) >= 11 is 0. The van der Waals surface area contributed by atoms with Crippen LogP contribution in [0.4, 0.5) is 0 Å². The molecule has 0 aromatic rings. The lowest BCUT2D eigenvalue weighted by molar-refractivity contribution is -0.167. The second-order valence-electron chi connectivity index (χ2n) is 17.1. The number of carbonyl (C=O) groups excluding carboxylic acids is 3. The minimum Gasteiger partial charge on any atom is -0.462 e. The molecular formula is C50H96O6. The van der Waals surface area contributed by atoms with Crippen molar-refractivity contribution in [2.45, 2.75) is 290 Å². The van der Waals surface area contributed by atoms with Crippen LogP contribution in [0.3, 0.4) is 0 Å². The molecule has 0 bridgehead atoms. The van der Waals surface area contributed by atoms with Crippen LogP contribution < -0.4 is 0 Å². The first-order valence-corrected chi connectivity index (χ1v) is 25.0. The lowest BCUT2D eigenvalue weighted by atomic mass is 10.0. The molecule has 0 fully saturated rings. The number of unbranched alkanes of at least 4 members (excludes halogenated alkanes) is 35. The highest BCUT2D eigenvalue weighted by Gasteiger charge is 2.19. The lowest BCUT2D eigenvalue weighted by Gasteiger charge is -2.18. The van der Waals surface area contributed by atoms with Crippen molar-refractivity contribution in [3.05, 3.63) is 0 Å². The Balaban J connectivity index is 4.31. The summed E-state index contributed by atoms with van der Waals surface area (Å²) in [6, 6.07) is 0. The van der Waals surface area contributed by atoms with E-state index in [1.165, 1.54) is 186 Å². The van der Waals surface area contributed by atoms with Crippen molar-refractivity contribution in [1.29, 1.82) is 0 Å². The molecule has 0 aliphatic carbocycles. The third kappa shape index (κ3) is 43.5. The number of hydrogen-bond donors (Lipinski definition) is 0. The largest absolute Gasteiger partial charge is 0.462 e. The second kappa shape index (κ2) is 46.1. The van der Waals surface area contributed by atoms with E-state index in [1.54, 1.807) is 0 Å². The average Bonchev–Trinajstić information content (AvgIpc) is 3.19. The van der Waals surface area contributed by atoms with E-state index in [-0.39, 0.29) is 31.1 Å². The van der Waals surface area contributed by atoms with Crippen LogP contribution in [0.15, 0.2) is 0 Å². The molecular weight excluding hydrogens is 697 g/mol. The van der Waals surface area contributed by atoms with Crippen LogP contribution in [-0.4, -0.2) is 37.2 Å². The highest BCUT2D eigenvalue weighted by atomic mass is 16.6. The predicted octanol–water partition coefficient (Wildman–Crippen LogP) is 16.0. The van der Waals surface area contributed by atoms with Crippen molar-refractivity contribution in [2.75, 3.05) is 13.2 Å². The average molecular weight is 793 g/mol. The fourth-order valence-corrected chi connectivity index (χ4v) is 7.56. The van der Waals surface area contributed by atoms with Gasteiger partial charge < -0.3 is 14.2 Å². The van der Waals surface area contributed by atoms with Gasteiger partial charge in [0.05, 0.1) is 0 Å². The zero-order chi connectivity index (χ0) is 40.8. The van der Waals surface area contributed by atoms with Gasteiger partial charge in [-0.05, 0) is 19.3 Å². The standard InChI is InChI=1S/C50H96O6/c1-4-7-10-13-16-19-22-25-28-31-34-37-40-43-49(52)55-46-47(45-54-48(51)42-39-36-33-30-27-24-21-18-15-12-9-6-3)56-50(53)44-41-38-35-32-29-26-23-20-17-14-11-8-5-2/h47H,4-46H2,1-3H3. The molecule has 0 heterocycles. The molecule has 0 radical (unpaired) electrons. The van der Waals surface area contributed by atoms with Crippen LogP contribution >= 0.6 is 0 Å². The maximum atomic E-state index is 12.7. The summed E-state index contributed by atoms with van der Waals surface area (Å²) in [5.41, 5.74) is 0. The van der Waals surface area contributed by atoms with Gasteiger partial charge in [0.15, 0.2) is 6.10 Å². The van der Waals surface area contributed by atoms with E-state index in [2.05, 4.69) is 20.8 Å². The van der Waals surface area contributed by atoms with E-state index in [0.717, 1.165) is 57.8 Å². The van der Waals surface area contributed by atoms with Crippen LogP contribution in [0.1, 0.15) is 284 Å². The van der Waals surface area contributed by atoms with Gasteiger partial charge in [-0.3, -0.25) is 14.4 Å². The molecule has 0 aromatic carbocycles. The Bertz CT molecular complexity index is 828. The molecule has 6 heteroatoms. The summed E-state index contributed by atoms with van der Waals surface area (Å²) in [5, 5.41) is 0. The van der Waals surface area contributed by atoms with E-state index in [9.17, 15) is 14.4 Å². The van der Waals surface area contributed by atoms with Crippen molar-refractivity contribution in [3.63, 3.8) is 0 Å². The zero-order valence-electron chi connectivity index (χ0n) is 37.9. The number of ether oxygens (including phenoxy) is 3. The summed E-state index contributed by atoms with van der Waals surface area (Å²) in [4.78, 5) is 37.8. The molecule has 1 unspecified atom stereocenters. The summed E-state index contributed by atoms with van der Waals surface area (Å²) in [6.07, 6.45) is 47.9. The Morgan fingerprint density at radius 2 is 0.482 bits per heavy atom. The third-order valence-electron chi connectivity index (χ3n) is 11.4. The zero-order valence-corrected chi connectivity index (χ0v) is 37.9. The van der Waals surface area contributed by atoms with Crippen molar-refractivity contribution in [1.82, 2.24) is 0 Å². The van der Waals surface area contributed by atoms with Gasteiger partial charge in [-0.2, -0.15) is 0 Å². The van der Waals surface area contributed by atoms with Gasteiger partial charge in [0, 0.05) is 19.3 Å². The Hall–Kier alpha value is -1.59. The van der Waals surface area contributed by atoms with E-state index < -0.39 is 6.10 Å². The van der Waals surface area contributed by atoms with E-state index in [4.69, 9.17) is 14.2 Å². The first-order chi connectivity index (χ1) is 27.5. The van der Waals surface area contributed by atoms with Gasteiger partial charge >= 0.3 is 17.9 Å².